The van der Waals surface area contributed by atoms with Crippen molar-refractivity contribution in [2.75, 3.05) is 7.11 Å². The summed E-state index contributed by atoms with van der Waals surface area (Å²) in [6.07, 6.45) is 0. The number of hydrogen-bond acceptors (Lipinski definition) is 2. The zero-order chi connectivity index (χ0) is 10.4. The minimum Gasteiger partial charge on any atom is -0.497 e. The Balaban J connectivity index is 0.000000671. The number of thiophene rings is 1. The average Bonchev–Trinajstić information content (AvgIpc) is 2.47. The molecule has 13 heavy (non-hydrogen) atoms. The monoisotopic (exact) mass is 218 g/mol. The smallest absolute Gasteiger partial charge is 0.121 e. The van der Waals surface area contributed by atoms with E-state index < -0.39 is 0 Å². The van der Waals surface area contributed by atoms with Crippen molar-refractivity contribution in [3.05, 3.63) is 27.4 Å². The Kier molecular flexibility index (Phi) is 5.84. The molecule has 0 radical (unpaired) electrons. The predicted molar refractivity (Wildman–Crippen MR) is 61.5 cm³/mol. The first kappa shape index (κ1) is 12.5. The van der Waals surface area contributed by atoms with E-state index in [1.165, 1.54) is 16.2 Å². The molecule has 0 unspecified atom stereocenters. The lowest BCUT2D eigenvalue weighted by molar-refractivity contribution is 0.371. The van der Waals surface area contributed by atoms with E-state index in [0.717, 1.165) is 9.90 Å². The second-order valence-corrected chi connectivity index (χ2v) is 4.03. The number of methoxy groups -OCH3 is 1. The molecule has 3 heteroatoms. The van der Waals surface area contributed by atoms with Gasteiger partial charge in [0.25, 0.3) is 0 Å². The molecule has 1 heterocycles. The molecule has 0 saturated heterocycles. The van der Waals surface area contributed by atoms with Crippen LogP contribution in [0.15, 0.2) is 12.6 Å². The third-order valence-electron chi connectivity index (χ3n) is 1.36. The van der Waals surface area contributed by atoms with E-state index >= 15 is 0 Å². The maximum absolute atomic E-state index is 5.90. The van der Waals surface area contributed by atoms with E-state index in [9.17, 15) is 0 Å². The van der Waals surface area contributed by atoms with Crippen LogP contribution in [0.1, 0.15) is 24.3 Å². The molecule has 1 aromatic rings. The van der Waals surface area contributed by atoms with Gasteiger partial charge in [-0.3, -0.25) is 0 Å². The van der Waals surface area contributed by atoms with Crippen molar-refractivity contribution in [3.8, 4) is 0 Å². The van der Waals surface area contributed by atoms with Crippen LogP contribution in [0.25, 0.3) is 5.76 Å². The van der Waals surface area contributed by atoms with E-state index in [1.54, 1.807) is 7.11 Å². The van der Waals surface area contributed by atoms with Gasteiger partial charge < -0.3 is 4.74 Å². The van der Waals surface area contributed by atoms with Crippen molar-refractivity contribution in [2.24, 2.45) is 0 Å². The third kappa shape index (κ3) is 3.41. The molecule has 0 spiro atoms. The SMILES string of the molecule is C=C(OC)c1cc(C)sc1Cl.CC. The van der Waals surface area contributed by atoms with Crippen LogP contribution in [0.4, 0.5) is 0 Å². The van der Waals surface area contributed by atoms with Gasteiger partial charge in [0.05, 0.1) is 7.11 Å². The van der Waals surface area contributed by atoms with Crippen molar-refractivity contribution >= 4 is 28.7 Å². The standard InChI is InChI=1S/C8H9ClOS.C2H6/c1-5-4-7(6(2)10-3)8(9)11-5;1-2/h4H,2H2,1,3H3;1-2H3. The Morgan fingerprint density at radius 1 is 1.54 bits per heavy atom. The topological polar surface area (TPSA) is 9.23 Å². The van der Waals surface area contributed by atoms with Crippen molar-refractivity contribution in [1.82, 2.24) is 0 Å². The minimum absolute atomic E-state index is 0.624. The first-order chi connectivity index (χ1) is 6.15. The largest absolute Gasteiger partial charge is 0.497 e. The summed E-state index contributed by atoms with van der Waals surface area (Å²) in [5.74, 6) is 0.624. The summed E-state index contributed by atoms with van der Waals surface area (Å²) in [6.45, 7) is 9.72. The van der Waals surface area contributed by atoms with Gasteiger partial charge in [-0.05, 0) is 13.0 Å². The van der Waals surface area contributed by atoms with Gasteiger partial charge in [0, 0.05) is 10.4 Å². The summed E-state index contributed by atoms with van der Waals surface area (Å²) in [5, 5.41) is 0. The van der Waals surface area contributed by atoms with Crippen LogP contribution in [0, 0.1) is 6.92 Å². The normalized spacial score (nSPS) is 8.69. The molecule has 0 aliphatic heterocycles. The van der Waals surface area contributed by atoms with Crippen molar-refractivity contribution in [1.29, 1.82) is 0 Å². The molecule has 0 atom stereocenters. The first-order valence-electron chi connectivity index (χ1n) is 4.14. The Labute approximate surface area is 89.0 Å². The maximum atomic E-state index is 5.90. The summed E-state index contributed by atoms with van der Waals surface area (Å²) in [6, 6.07) is 1.97. The van der Waals surface area contributed by atoms with E-state index in [-0.39, 0.29) is 0 Å². The van der Waals surface area contributed by atoms with Gasteiger partial charge in [0.1, 0.15) is 10.1 Å². The quantitative estimate of drug-likeness (QED) is 0.671. The van der Waals surface area contributed by atoms with Crippen molar-refractivity contribution < 1.29 is 4.74 Å². The number of ether oxygens (including phenoxy) is 1. The highest BCUT2D eigenvalue weighted by atomic mass is 35.5. The van der Waals surface area contributed by atoms with Crippen molar-refractivity contribution in [2.45, 2.75) is 20.8 Å². The molecule has 0 aliphatic carbocycles. The molecule has 0 saturated carbocycles. The summed E-state index contributed by atoms with van der Waals surface area (Å²) in [5.41, 5.74) is 0.900. The Hall–Kier alpha value is -0.470. The molecule has 1 rings (SSSR count). The van der Waals surface area contributed by atoms with Crippen LogP contribution in [-0.4, -0.2) is 7.11 Å². The van der Waals surface area contributed by atoms with Gasteiger partial charge in [0.2, 0.25) is 0 Å². The molecular weight excluding hydrogens is 204 g/mol. The van der Waals surface area contributed by atoms with E-state index in [4.69, 9.17) is 16.3 Å². The molecule has 0 fully saturated rings. The van der Waals surface area contributed by atoms with Crippen LogP contribution >= 0.6 is 22.9 Å². The second-order valence-electron chi connectivity index (χ2n) is 2.17. The Morgan fingerprint density at radius 3 is 2.38 bits per heavy atom. The van der Waals surface area contributed by atoms with Crippen LogP contribution in [0.2, 0.25) is 4.34 Å². The molecule has 1 nitrogen and oxygen atoms in total. The fourth-order valence-corrected chi connectivity index (χ4v) is 2.05. The molecule has 0 N–H and O–H groups in total. The third-order valence-corrected chi connectivity index (χ3v) is 2.63. The van der Waals surface area contributed by atoms with Crippen LogP contribution in [0.5, 0.6) is 0 Å². The Bertz CT molecular complexity index is 278. The number of aryl methyl sites for hydroxylation is 1. The highest BCUT2D eigenvalue weighted by molar-refractivity contribution is 7.16. The summed E-state index contributed by atoms with van der Waals surface area (Å²) in [4.78, 5) is 1.17. The van der Waals surface area contributed by atoms with E-state index in [1.807, 2.05) is 26.8 Å². The average molecular weight is 219 g/mol. The Morgan fingerprint density at radius 2 is 2.08 bits per heavy atom. The lowest BCUT2D eigenvalue weighted by Crippen LogP contribution is -1.81. The van der Waals surface area contributed by atoms with Gasteiger partial charge in [-0.15, -0.1) is 11.3 Å². The molecule has 0 aromatic carbocycles. The van der Waals surface area contributed by atoms with Crippen molar-refractivity contribution in [3.63, 3.8) is 0 Å². The van der Waals surface area contributed by atoms with E-state index in [0.29, 0.717) is 5.76 Å². The van der Waals surface area contributed by atoms with E-state index in [2.05, 4.69) is 6.58 Å². The van der Waals surface area contributed by atoms with Crippen LogP contribution in [0.3, 0.4) is 0 Å². The van der Waals surface area contributed by atoms with Gasteiger partial charge in [-0.1, -0.05) is 32.0 Å². The molecule has 0 amide bonds. The fraction of sp³-hybridized carbons (Fsp3) is 0.400. The number of rotatable bonds is 2. The highest BCUT2D eigenvalue weighted by Crippen LogP contribution is 2.31. The molecule has 0 bridgehead atoms. The molecule has 1 aromatic heterocycles. The highest BCUT2D eigenvalue weighted by Gasteiger charge is 2.07. The maximum Gasteiger partial charge on any atom is 0.121 e. The van der Waals surface area contributed by atoms with Gasteiger partial charge >= 0.3 is 0 Å². The summed E-state index contributed by atoms with van der Waals surface area (Å²) >= 11 is 7.43. The van der Waals surface area contributed by atoms with Crippen LogP contribution < -0.4 is 0 Å². The molecular formula is C10H15ClOS. The molecule has 0 aliphatic rings. The summed E-state index contributed by atoms with van der Waals surface area (Å²) in [7, 11) is 1.59. The zero-order valence-electron chi connectivity index (χ0n) is 8.48. The minimum atomic E-state index is 0.624. The molecule has 74 valence electrons. The number of hydrogen-bond donors (Lipinski definition) is 0. The second kappa shape index (κ2) is 6.06. The fourth-order valence-electron chi connectivity index (χ4n) is 0.786. The van der Waals surface area contributed by atoms with Gasteiger partial charge in [0.15, 0.2) is 0 Å². The number of halogens is 1. The zero-order valence-corrected chi connectivity index (χ0v) is 10.1. The van der Waals surface area contributed by atoms with Crippen LogP contribution in [-0.2, 0) is 4.74 Å². The van der Waals surface area contributed by atoms with Gasteiger partial charge in [-0.2, -0.15) is 0 Å². The lowest BCUT2D eigenvalue weighted by Gasteiger charge is -1.99. The first-order valence-corrected chi connectivity index (χ1v) is 5.33. The van der Waals surface area contributed by atoms with Gasteiger partial charge in [-0.25, -0.2) is 0 Å². The predicted octanol–water partition coefficient (Wildman–Crippen LogP) is 4.35. The lowest BCUT2D eigenvalue weighted by atomic mass is 10.3. The summed E-state index contributed by atoms with van der Waals surface area (Å²) < 4.78 is 5.70.